The molecule has 10 heavy (non-hydrogen) atoms. The van der Waals surface area contributed by atoms with Crippen LogP contribution in [-0.2, 0) is 0 Å². The van der Waals surface area contributed by atoms with Gasteiger partial charge in [-0.15, -0.1) is 0 Å². The summed E-state index contributed by atoms with van der Waals surface area (Å²) in [6, 6.07) is 0. The number of thiazole rings is 1. The average Bonchev–Trinajstić information content (AvgIpc) is 2.42. The number of hydrogen-bond acceptors (Lipinski definition) is 4. The van der Waals surface area contributed by atoms with Gasteiger partial charge in [-0.05, 0) is 0 Å². The van der Waals surface area contributed by atoms with Crippen molar-refractivity contribution in [2.24, 2.45) is 0 Å². The van der Waals surface area contributed by atoms with Crippen LogP contribution in [0, 0.1) is 0 Å². The van der Waals surface area contributed by atoms with E-state index in [2.05, 4.69) is 10.1 Å². The third-order valence-corrected chi connectivity index (χ3v) is 2.03. The molecule has 5 heteroatoms. The monoisotopic (exact) mass is 153 g/mol. The highest BCUT2D eigenvalue weighted by Crippen LogP contribution is 2.11. The van der Waals surface area contributed by atoms with E-state index in [1.165, 1.54) is 17.7 Å². The van der Waals surface area contributed by atoms with Crippen LogP contribution in [0.1, 0.15) is 9.67 Å². The molecule has 0 unspecified atom stereocenters. The minimum Gasteiger partial charge on any atom is -0.297 e. The number of carbonyl (C=O) groups is 1. The Morgan fingerprint density at radius 2 is 2.60 bits per heavy atom. The SMILES string of the molecule is O=Cc1cn2ncnc2s1. The summed E-state index contributed by atoms with van der Waals surface area (Å²) < 4.78 is 1.58. The van der Waals surface area contributed by atoms with E-state index in [1.54, 1.807) is 10.7 Å². The van der Waals surface area contributed by atoms with Gasteiger partial charge in [-0.2, -0.15) is 5.10 Å². The molecule has 50 valence electrons. The number of carbonyl (C=O) groups excluding carboxylic acids is 1. The average molecular weight is 153 g/mol. The number of nitrogens with zero attached hydrogens (tertiary/aromatic N) is 3. The first-order valence-corrected chi connectivity index (χ1v) is 3.46. The molecule has 0 amide bonds. The lowest BCUT2D eigenvalue weighted by molar-refractivity contribution is 0.112. The number of aldehydes is 1. The van der Waals surface area contributed by atoms with Gasteiger partial charge in [0.15, 0.2) is 6.29 Å². The Bertz CT molecular complexity index is 335. The van der Waals surface area contributed by atoms with Gasteiger partial charge >= 0.3 is 0 Å². The Morgan fingerprint density at radius 3 is 3.30 bits per heavy atom. The number of hydrogen-bond donors (Lipinski definition) is 0. The maximum Gasteiger partial charge on any atom is 0.212 e. The van der Waals surface area contributed by atoms with Crippen LogP contribution in [0.3, 0.4) is 0 Å². The van der Waals surface area contributed by atoms with Gasteiger partial charge < -0.3 is 0 Å². The topological polar surface area (TPSA) is 47.3 Å². The second-order valence-electron chi connectivity index (χ2n) is 1.74. The first-order chi connectivity index (χ1) is 4.90. The standard InChI is InChI=1S/C5H3N3OS/c9-2-4-1-8-5(10-4)6-3-7-8/h1-3H. The number of fused-ring (bicyclic) bond motifs is 1. The van der Waals surface area contributed by atoms with Gasteiger partial charge in [0, 0.05) is 0 Å². The summed E-state index contributed by atoms with van der Waals surface area (Å²) in [6.45, 7) is 0. The minimum atomic E-state index is 0.649. The molecule has 2 rings (SSSR count). The molecule has 2 aromatic heterocycles. The molecule has 0 saturated carbocycles. The Balaban J connectivity index is 2.78. The van der Waals surface area contributed by atoms with Crippen LogP contribution >= 0.6 is 11.3 Å². The summed E-state index contributed by atoms with van der Waals surface area (Å²) in [7, 11) is 0. The molecule has 0 aliphatic rings. The van der Waals surface area contributed by atoms with Crippen molar-refractivity contribution in [2.75, 3.05) is 0 Å². The Labute approximate surface area is 60.1 Å². The van der Waals surface area contributed by atoms with Crippen LogP contribution in [0.2, 0.25) is 0 Å². The second kappa shape index (κ2) is 1.88. The van der Waals surface area contributed by atoms with Crippen molar-refractivity contribution in [1.29, 1.82) is 0 Å². The third-order valence-electron chi connectivity index (χ3n) is 1.12. The summed E-state index contributed by atoms with van der Waals surface area (Å²) in [4.78, 5) is 15.5. The molecule has 0 aliphatic heterocycles. The summed E-state index contributed by atoms with van der Waals surface area (Å²) in [6.07, 6.45) is 3.90. The molecule has 0 atom stereocenters. The molecular formula is C5H3N3OS. The van der Waals surface area contributed by atoms with E-state index < -0.39 is 0 Å². The van der Waals surface area contributed by atoms with Gasteiger partial charge in [-0.3, -0.25) is 4.79 Å². The molecule has 2 heterocycles. The van der Waals surface area contributed by atoms with E-state index in [4.69, 9.17) is 0 Å². The smallest absolute Gasteiger partial charge is 0.212 e. The minimum absolute atomic E-state index is 0.649. The maximum absolute atomic E-state index is 10.2. The summed E-state index contributed by atoms with van der Waals surface area (Å²) in [5.41, 5.74) is 0. The van der Waals surface area contributed by atoms with Crippen molar-refractivity contribution in [3.8, 4) is 0 Å². The van der Waals surface area contributed by atoms with Gasteiger partial charge in [-0.25, -0.2) is 9.50 Å². The normalized spacial score (nSPS) is 10.4. The van der Waals surface area contributed by atoms with Gasteiger partial charge in [0.25, 0.3) is 0 Å². The molecule has 0 saturated heterocycles. The second-order valence-corrected chi connectivity index (χ2v) is 2.78. The summed E-state index contributed by atoms with van der Waals surface area (Å²) in [5, 5.41) is 3.84. The van der Waals surface area contributed by atoms with E-state index in [0.29, 0.717) is 4.88 Å². The molecule has 0 N–H and O–H groups in total. The Morgan fingerprint density at radius 1 is 1.70 bits per heavy atom. The van der Waals surface area contributed by atoms with E-state index in [9.17, 15) is 4.79 Å². The Kier molecular flexibility index (Phi) is 1.04. The highest BCUT2D eigenvalue weighted by molar-refractivity contribution is 7.18. The molecule has 0 spiro atoms. The van der Waals surface area contributed by atoms with Gasteiger partial charge in [0.1, 0.15) is 6.33 Å². The molecular weight excluding hydrogens is 150 g/mol. The van der Waals surface area contributed by atoms with Crippen LogP contribution in [-0.4, -0.2) is 20.9 Å². The van der Waals surface area contributed by atoms with Gasteiger partial charge in [0.05, 0.1) is 11.1 Å². The number of rotatable bonds is 1. The lowest BCUT2D eigenvalue weighted by Crippen LogP contribution is -1.77. The third kappa shape index (κ3) is 0.640. The predicted molar refractivity (Wildman–Crippen MR) is 36.3 cm³/mol. The maximum atomic E-state index is 10.2. The van der Waals surface area contributed by atoms with Crippen LogP contribution in [0.25, 0.3) is 4.96 Å². The van der Waals surface area contributed by atoms with E-state index in [0.717, 1.165) is 11.2 Å². The molecule has 0 radical (unpaired) electrons. The summed E-state index contributed by atoms with van der Waals surface area (Å²) >= 11 is 1.33. The molecule has 2 aromatic rings. The summed E-state index contributed by atoms with van der Waals surface area (Å²) in [5.74, 6) is 0. The van der Waals surface area contributed by atoms with Crippen molar-refractivity contribution in [2.45, 2.75) is 0 Å². The molecule has 0 aliphatic carbocycles. The zero-order valence-electron chi connectivity index (χ0n) is 4.89. The van der Waals surface area contributed by atoms with Crippen LogP contribution in [0.5, 0.6) is 0 Å². The van der Waals surface area contributed by atoms with E-state index in [1.807, 2.05) is 0 Å². The zero-order chi connectivity index (χ0) is 6.97. The first-order valence-electron chi connectivity index (χ1n) is 2.64. The highest BCUT2D eigenvalue weighted by atomic mass is 32.1. The molecule has 0 bridgehead atoms. The van der Waals surface area contributed by atoms with Crippen molar-refractivity contribution in [3.63, 3.8) is 0 Å². The van der Waals surface area contributed by atoms with Crippen molar-refractivity contribution >= 4 is 22.6 Å². The lowest BCUT2D eigenvalue weighted by Gasteiger charge is -1.70. The fraction of sp³-hybridized carbons (Fsp3) is 0. The molecule has 0 fully saturated rings. The van der Waals surface area contributed by atoms with E-state index >= 15 is 0 Å². The first kappa shape index (κ1) is 5.55. The van der Waals surface area contributed by atoms with Crippen molar-refractivity contribution in [1.82, 2.24) is 14.6 Å². The molecule has 0 aromatic carbocycles. The van der Waals surface area contributed by atoms with Crippen molar-refractivity contribution in [3.05, 3.63) is 17.4 Å². The van der Waals surface area contributed by atoms with Crippen LogP contribution in [0.15, 0.2) is 12.5 Å². The van der Waals surface area contributed by atoms with Crippen LogP contribution < -0.4 is 0 Å². The number of aromatic nitrogens is 3. The lowest BCUT2D eigenvalue weighted by atomic mass is 10.6. The van der Waals surface area contributed by atoms with Crippen LogP contribution in [0.4, 0.5) is 0 Å². The van der Waals surface area contributed by atoms with Gasteiger partial charge in [-0.1, -0.05) is 11.3 Å². The Hall–Kier alpha value is -1.23. The van der Waals surface area contributed by atoms with E-state index in [-0.39, 0.29) is 0 Å². The quantitative estimate of drug-likeness (QED) is 0.564. The largest absolute Gasteiger partial charge is 0.297 e. The fourth-order valence-electron chi connectivity index (χ4n) is 0.708. The van der Waals surface area contributed by atoms with Crippen molar-refractivity contribution < 1.29 is 4.79 Å². The molecule has 4 nitrogen and oxygen atoms in total. The fourth-order valence-corrected chi connectivity index (χ4v) is 1.41. The van der Waals surface area contributed by atoms with Gasteiger partial charge in [0.2, 0.25) is 4.96 Å². The zero-order valence-corrected chi connectivity index (χ0v) is 5.71. The highest BCUT2D eigenvalue weighted by Gasteiger charge is 1.99. The predicted octanol–water partition coefficient (Wildman–Crippen LogP) is 0.603.